The smallest absolute Gasteiger partial charge is 0.303 e. The van der Waals surface area contributed by atoms with Crippen molar-refractivity contribution < 1.29 is 23.8 Å². The molecule has 2 bridgehead atoms. The molecule has 1 aliphatic heterocycles. The highest BCUT2D eigenvalue weighted by Gasteiger charge is 2.71. The van der Waals surface area contributed by atoms with Crippen LogP contribution in [0.2, 0.25) is 0 Å². The topological polar surface area (TPSA) is 61.8 Å². The van der Waals surface area contributed by atoms with E-state index in [0.29, 0.717) is 19.6 Å². The van der Waals surface area contributed by atoms with Crippen molar-refractivity contribution in [3.8, 4) is 0 Å². The summed E-state index contributed by atoms with van der Waals surface area (Å²) < 4.78 is 17.1. The number of ether oxygens (including phenoxy) is 3. The van der Waals surface area contributed by atoms with Crippen LogP contribution in [0.15, 0.2) is 12.2 Å². The summed E-state index contributed by atoms with van der Waals surface area (Å²) in [5.74, 6) is -1.40. The summed E-state index contributed by atoms with van der Waals surface area (Å²) in [7, 11) is 0. The molecule has 3 atom stereocenters. The van der Waals surface area contributed by atoms with Crippen LogP contribution in [-0.4, -0.2) is 36.9 Å². The van der Waals surface area contributed by atoms with Crippen LogP contribution >= 0.6 is 0 Å². The van der Waals surface area contributed by atoms with Crippen molar-refractivity contribution in [1.82, 2.24) is 0 Å². The highest BCUT2D eigenvalue weighted by molar-refractivity contribution is 5.91. The Kier molecular flexibility index (Phi) is 2.48. The Morgan fingerprint density at radius 1 is 1.32 bits per heavy atom. The summed E-state index contributed by atoms with van der Waals surface area (Å²) in [4.78, 5) is 23.8. The van der Waals surface area contributed by atoms with Gasteiger partial charge in [-0.3, -0.25) is 9.59 Å². The second-order valence-corrected chi connectivity index (χ2v) is 5.99. The number of carbonyl (C=O) groups is 2. The van der Waals surface area contributed by atoms with E-state index in [4.69, 9.17) is 14.2 Å². The van der Waals surface area contributed by atoms with Gasteiger partial charge in [-0.05, 0) is 6.92 Å². The van der Waals surface area contributed by atoms with Crippen LogP contribution < -0.4 is 0 Å². The second kappa shape index (κ2) is 3.67. The van der Waals surface area contributed by atoms with E-state index >= 15 is 0 Å². The van der Waals surface area contributed by atoms with Gasteiger partial charge in [-0.15, -0.1) is 0 Å². The summed E-state index contributed by atoms with van der Waals surface area (Å²) in [6.45, 7) is 5.94. The third-order valence-corrected chi connectivity index (χ3v) is 4.61. The Morgan fingerprint density at radius 2 is 1.95 bits per heavy atom. The van der Waals surface area contributed by atoms with Crippen molar-refractivity contribution in [1.29, 1.82) is 0 Å². The summed E-state index contributed by atoms with van der Waals surface area (Å²) in [6.07, 6.45) is 3.43. The Bertz CT molecular complexity index is 476. The Hall–Kier alpha value is -1.20. The fourth-order valence-corrected chi connectivity index (χ4v) is 3.48. The average molecular weight is 266 g/mol. The largest absolute Gasteiger partial charge is 0.455 e. The maximum absolute atomic E-state index is 12.4. The lowest BCUT2D eigenvalue weighted by Gasteiger charge is -2.58. The lowest BCUT2D eigenvalue weighted by Crippen LogP contribution is -2.70. The van der Waals surface area contributed by atoms with E-state index < -0.39 is 28.7 Å². The van der Waals surface area contributed by atoms with Gasteiger partial charge in [0.1, 0.15) is 5.78 Å². The van der Waals surface area contributed by atoms with E-state index in [9.17, 15) is 9.59 Å². The van der Waals surface area contributed by atoms with Crippen LogP contribution in [0.5, 0.6) is 0 Å². The first-order valence-electron chi connectivity index (χ1n) is 6.53. The quantitative estimate of drug-likeness (QED) is 0.527. The molecule has 0 radical (unpaired) electrons. The first-order chi connectivity index (χ1) is 8.84. The van der Waals surface area contributed by atoms with Crippen molar-refractivity contribution in [2.45, 2.75) is 39.1 Å². The van der Waals surface area contributed by atoms with Crippen molar-refractivity contribution in [3.05, 3.63) is 12.2 Å². The first-order valence-corrected chi connectivity index (χ1v) is 6.53. The third-order valence-electron chi connectivity index (χ3n) is 4.61. The molecule has 3 aliphatic carbocycles. The molecular formula is C14H18O5. The summed E-state index contributed by atoms with van der Waals surface area (Å²) in [6, 6.07) is 0. The Balaban J connectivity index is 2.14. The zero-order valence-corrected chi connectivity index (χ0v) is 11.4. The van der Waals surface area contributed by atoms with Gasteiger partial charge >= 0.3 is 5.97 Å². The van der Waals surface area contributed by atoms with Gasteiger partial charge in [-0.1, -0.05) is 19.1 Å². The molecule has 4 aliphatic rings. The molecule has 2 fully saturated rings. The average Bonchev–Trinajstić information content (AvgIpc) is 2.80. The normalized spacial score (nSPS) is 42.9. The molecule has 1 heterocycles. The van der Waals surface area contributed by atoms with E-state index in [1.54, 1.807) is 6.92 Å². The van der Waals surface area contributed by atoms with E-state index in [1.807, 2.05) is 19.1 Å². The predicted octanol–water partition coefficient (Wildman–Crippen LogP) is 1.22. The van der Waals surface area contributed by atoms with Gasteiger partial charge in [0.05, 0.1) is 24.0 Å². The lowest BCUT2D eigenvalue weighted by atomic mass is 9.54. The van der Waals surface area contributed by atoms with Crippen LogP contribution in [0.3, 0.4) is 0 Å². The molecule has 1 saturated heterocycles. The molecule has 5 nitrogen and oxygen atoms in total. The molecule has 0 aromatic heterocycles. The number of esters is 1. The number of hydrogen-bond donors (Lipinski definition) is 0. The van der Waals surface area contributed by atoms with Crippen LogP contribution in [0.25, 0.3) is 0 Å². The van der Waals surface area contributed by atoms with Crippen LogP contribution in [0.4, 0.5) is 0 Å². The fraction of sp³-hybridized carbons (Fsp3) is 0.714. The van der Waals surface area contributed by atoms with Crippen LogP contribution in [-0.2, 0) is 23.8 Å². The van der Waals surface area contributed by atoms with Gasteiger partial charge in [-0.2, -0.15) is 0 Å². The molecule has 1 spiro atoms. The predicted molar refractivity (Wildman–Crippen MR) is 65.2 cm³/mol. The molecular weight excluding hydrogens is 248 g/mol. The molecule has 0 aromatic rings. The van der Waals surface area contributed by atoms with E-state index in [2.05, 4.69) is 0 Å². The Morgan fingerprint density at radius 3 is 2.47 bits per heavy atom. The zero-order valence-electron chi connectivity index (χ0n) is 11.4. The Labute approximate surface area is 111 Å². The van der Waals surface area contributed by atoms with Gasteiger partial charge in [-0.25, -0.2) is 0 Å². The highest BCUT2D eigenvalue weighted by atomic mass is 16.8. The minimum absolute atomic E-state index is 0.0634. The number of Topliss-reactive ketones (excluding diaryl/α,β-unsaturated/α-hetero) is 1. The summed E-state index contributed by atoms with van der Waals surface area (Å²) in [5.41, 5.74) is -1.45. The molecule has 19 heavy (non-hydrogen) atoms. The van der Waals surface area contributed by atoms with Crippen molar-refractivity contribution in [3.63, 3.8) is 0 Å². The summed E-state index contributed by atoms with van der Waals surface area (Å²) >= 11 is 0. The van der Waals surface area contributed by atoms with E-state index in [1.165, 1.54) is 6.92 Å². The van der Waals surface area contributed by atoms with Crippen molar-refractivity contribution in [2.75, 3.05) is 13.2 Å². The van der Waals surface area contributed by atoms with Crippen LogP contribution in [0.1, 0.15) is 27.2 Å². The molecule has 104 valence electrons. The number of ketones is 1. The van der Waals surface area contributed by atoms with Gasteiger partial charge in [0.25, 0.3) is 0 Å². The monoisotopic (exact) mass is 266 g/mol. The maximum Gasteiger partial charge on any atom is 0.303 e. The minimum atomic E-state index is -1.03. The van der Waals surface area contributed by atoms with E-state index in [-0.39, 0.29) is 5.78 Å². The van der Waals surface area contributed by atoms with Gasteiger partial charge in [0, 0.05) is 13.3 Å². The molecule has 4 rings (SSSR count). The minimum Gasteiger partial charge on any atom is -0.455 e. The van der Waals surface area contributed by atoms with E-state index in [0.717, 1.165) is 0 Å². The first kappa shape index (κ1) is 12.8. The number of carbonyl (C=O) groups excluding carboxylic acids is 2. The molecule has 0 aromatic carbocycles. The van der Waals surface area contributed by atoms with Crippen molar-refractivity contribution >= 4 is 11.8 Å². The second-order valence-electron chi connectivity index (χ2n) is 5.99. The third kappa shape index (κ3) is 1.43. The fourth-order valence-electron chi connectivity index (χ4n) is 3.48. The zero-order chi connectivity index (χ0) is 13.9. The number of rotatable bonds is 1. The molecule has 5 heteroatoms. The molecule has 0 unspecified atom stereocenters. The number of fused-ring (bicyclic) bond motifs is 1. The highest BCUT2D eigenvalue weighted by Crippen LogP contribution is 2.59. The van der Waals surface area contributed by atoms with Gasteiger partial charge in [0.2, 0.25) is 5.79 Å². The maximum atomic E-state index is 12.4. The standard InChI is InChI=1S/C14H18O5/c1-9(15)19-11-13(3)5-4-12(2,8-10(13)16)14(11)17-6-7-18-14/h4-5,11H,6-8H2,1-3H3/t11-,12-,13+/m0/s1. The SMILES string of the molecule is CC(=O)O[C@@H]1C2(OCCO2)[C@@]2(C)C=C[C@]1(C)C(=O)C2. The lowest BCUT2D eigenvalue weighted by molar-refractivity contribution is -0.306. The van der Waals surface area contributed by atoms with Crippen LogP contribution in [0, 0.1) is 10.8 Å². The molecule has 0 amide bonds. The van der Waals surface area contributed by atoms with Crippen molar-refractivity contribution in [2.24, 2.45) is 10.8 Å². The summed E-state index contributed by atoms with van der Waals surface area (Å²) in [5, 5.41) is 0. The molecule has 1 saturated carbocycles. The molecule has 0 N–H and O–H groups in total. The van der Waals surface area contributed by atoms with Gasteiger partial charge in [0.15, 0.2) is 6.10 Å². The number of hydrogen-bond acceptors (Lipinski definition) is 5. The van der Waals surface area contributed by atoms with Gasteiger partial charge < -0.3 is 14.2 Å².